The Hall–Kier alpha value is -1.57. The van der Waals surface area contributed by atoms with Crippen molar-refractivity contribution in [2.45, 2.75) is 18.8 Å². The van der Waals surface area contributed by atoms with Gasteiger partial charge >= 0.3 is 0 Å². The Morgan fingerprint density at radius 2 is 2.00 bits per heavy atom. The summed E-state index contributed by atoms with van der Waals surface area (Å²) in [5.41, 5.74) is 1.46. The van der Waals surface area contributed by atoms with Crippen molar-refractivity contribution in [3.05, 3.63) is 48.0 Å². The number of carbonyl (C=O) groups is 1. The van der Waals surface area contributed by atoms with Crippen LogP contribution in [0.4, 0.5) is 0 Å². The number of allylic oxidation sites excluding steroid dienone is 2. The summed E-state index contributed by atoms with van der Waals surface area (Å²) in [5.74, 6) is 0.691. The maximum absolute atomic E-state index is 8.95. The minimum atomic E-state index is 0.375. The molecule has 0 radical (unpaired) electrons. The predicted octanol–water partition coefficient (Wildman–Crippen LogP) is 2.91. The van der Waals surface area contributed by atoms with Crippen LogP contribution in [0.3, 0.4) is 0 Å². The van der Waals surface area contributed by atoms with E-state index in [1.54, 1.807) is 0 Å². The van der Waals surface area contributed by atoms with Crippen LogP contribution >= 0.6 is 0 Å². The van der Waals surface area contributed by atoms with Crippen LogP contribution in [-0.4, -0.2) is 13.6 Å². The van der Waals surface area contributed by atoms with E-state index in [2.05, 4.69) is 47.2 Å². The van der Waals surface area contributed by atoms with Crippen molar-refractivity contribution in [2.75, 3.05) is 7.11 Å². The Morgan fingerprint density at radius 1 is 1.33 bits per heavy atom. The van der Waals surface area contributed by atoms with Crippen LogP contribution in [0.15, 0.2) is 42.5 Å². The van der Waals surface area contributed by atoms with E-state index in [1.807, 2.05) is 0 Å². The molecule has 1 aliphatic carbocycles. The topological polar surface area (TPSA) is 26.3 Å². The number of ether oxygens (including phenoxy) is 1. The Bertz CT molecular complexity index is 304. The van der Waals surface area contributed by atoms with Crippen molar-refractivity contribution < 1.29 is 9.53 Å². The van der Waals surface area contributed by atoms with Gasteiger partial charge in [0, 0.05) is 5.92 Å². The van der Waals surface area contributed by atoms with Gasteiger partial charge in [-0.1, -0.05) is 42.5 Å². The molecule has 2 rings (SSSR count). The summed E-state index contributed by atoms with van der Waals surface area (Å²) < 4.78 is 3.86. The summed E-state index contributed by atoms with van der Waals surface area (Å²) in [6, 6.07) is 10.7. The van der Waals surface area contributed by atoms with E-state index >= 15 is 0 Å². The fraction of sp³-hybridized carbons (Fsp3) is 0.308. The molecule has 0 fully saturated rings. The fourth-order valence-corrected chi connectivity index (χ4v) is 1.61. The summed E-state index contributed by atoms with van der Waals surface area (Å²) in [5, 5.41) is 0. The van der Waals surface area contributed by atoms with Gasteiger partial charge in [-0.05, 0) is 18.4 Å². The van der Waals surface area contributed by atoms with E-state index in [0.29, 0.717) is 12.4 Å². The third kappa shape index (κ3) is 3.98. The highest BCUT2D eigenvalue weighted by Crippen LogP contribution is 2.27. The number of methoxy groups -OCH3 is 1. The van der Waals surface area contributed by atoms with Crippen molar-refractivity contribution in [1.82, 2.24) is 0 Å². The number of rotatable bonds is 2. The van der Waals surface area contributed by atoms with Crippen molar-refractivity contribution >= 4 is 6.47 Å². The van der Waals surface area contributed by atoms with Crippen molar-refractivity contribution in [1.29, 1.82) is 0 Å². The van der Waals surface area contributed by atoms with Gasteiger partial charge < -0.3 is 4.74 Å². The minimum absolute atomic E-state index is 0.375. The molecule has 0 heterocycles. The first-order valence-electron chi connectivity index (χ1n) is 5.06. The molecule has 0 N–H and O–H groups in total. The monoisotopic (exact) mass is 204 g/mol. The number of carbonyl (C=O) groups excluding carboxylic acids is 1. The molecule has 0 spiro atoms. The molecule has 1 atom stereocenters. The Morgan fingerprint density at radius 3 is 2.47 bits per heavy atom. The van der Waals surface area contributed by atoms with E-state index in [1.165, 1.54) is 25.5 Å². The molecule has 0 saturated carbocycles. The first kappa shape index (κ1) is 11.5. The molecule has 0 saturated heterocycles. The van der Waals surface area contributed by atoms with Crippen LogP contribution in [0.1, 0.15) is 24.3 Å². The van der Waals surface area contributed by atoms with Gasteiger partial charge in [-0.25, -0.2) is 0 Å². The molecule has 0 amide bonds. The van der Waals surface area contributed by atoms with Crippen molar-refractivity contribution in [3.8, 4) is 0 Å². The van der Waals surface area contributed by atoms with Crippen LogP contribution in [-0.2, 0) is 9.53 Å². The van der Waals surface area contributed by atoms with E-state index in [0.717, 1.165) is 0 Å². The highest BCUT2D eigenvalue weighted by Gasteiger charge is 2.09. The average Bonchev–Trinajstić information content (AvgIpc) is 2.84. The second-order valence-corrected chi connectivity index (χ2v) is 3.35. The summed E-state index contributed by atoms with van der Waals surface area (Å²) in [6.07, 6.45) is 7.14. The Kier molecular flexibility index (Phi) is 5.23. The molecule has 1 aromatic carbocycles. The molecule has 0 aromatic heterocycles. The molecule has 1 aliphatic rings. The van der Waals surface area contributed by atoms with E-state index < -0.39 is 0 Å². The van der Waals surface area contributed by atoms with Crippen LogP contribution < -0.4 is 0 Å². The molecule has 1 aromatic rings. The van der Waals surface area contributed by atoms with E-state index in [4.69, 9.17) is 4.79 Å². The molecular weight excluding hydrogens is 188 g/mol. The quantitative estimate of drug-likeness (QED) is 0.547. The third-order valence-corrected chi connectivity index (χ3v) is 2.34. The first-order valence-corrected chi connectivity index (χ1v) is 5.06. The molecule has 2 heteroatoms. The number of benzene rings is 1. The fourth-order valence-electron chi connectivity index (χ4n) is 1.61. The van der Waals surface area contributed by atoms with Gasteiger partial charge in [-0.15, -0.1) is 0 Å². The molecule has 2 nitrogen and oxygen atoms in total. The number of hydrogen-bond acceptors (Lipinski definition) is 2. The summed E-state index contributed by atoms with van der Waals surface area (Å²) >= 11 is 0. The maximum Gasteiger partial charge on any atom is 0.292 e. The molecule has 80 valence electrons. The predicted molar refractivity (Wildman–Crippen MR) is 60.6 cm³/mol. The summed E-state index contributed by atoms with van der Waals surface area (Å²) in [6.45, 7) is 0.375. The van der Waals surface area contributed by atoms with Gasteiger partial charge in [0.05, 0.1) is 7.11 Å². The SMILES string of the molecule is C1=CC(c2ccccc2)CC1.COC=O. The lowest BCUT2D eigenvalue weighted by Crippen LogP contribution is -1.88. The van der Waals surface area contributed by atoms with Crippen LogP contribution in [0.25, 0.3) is 0 Å². The minimum Gasteiger partial charge on any atom is -0.471 e. The van der Waals surface area contributed by atoms with Crippen LogP contribution in [0.5, 0.6) is 0 Å². The standard InChI is InChI=1S/C11H12.C2H4O2/c1-2-6-10(7-3-1)11-8-4-5-9-11;1-4-2-3/h1-4,6-8,11H,5,9H2;2H,1H3. The van der Waals surface area contributed by atoms with Gasteiger partial charge in [0.15, 0.2) is 0 Å². The molecule has 15 heavy (non-hydrogen) atoms. The normalized spacial score (nSPS) is 17.8. The lowest BCUT2D eigenvalue weighted by atomic mass is 9.99. The van der Waals surface area contributed by atoms with Gasteiger partial charge in [-0.3, -0.25) is 4.79 Å². The first-order chi connectivity index (χ1) is 7.38. The average molecular weight is 204 g/mol. The van der Waals surface area contributed by atoms with E-state index in [-0.39, 0.29) is 0 Å². The lowest BCUT2D eigenvalue weighted by Gasteiger charge is -2.05. The smallest absolute Gasteiger partial charge is 0.292 e. The zero-order valence-corrected chi connectivity index (χ0v) is 8.93. The van der Waals surface area contributed by atoms with Gasteiger partial charge in [-0.2, -0.15) is 0 Å². The van der Waals surface area contributed by atoms with Crippen molar-refractivity contribution in [2.24, 2.45) is 0 Å². The van der Waals surface area contributed by atoms with Gasteiger partial charge in [0.2, 0.25) is 0 Å². The zero-order chi connectivity index (χ0) is 10.9. The number of hydrogen-bond donors (Lipinski definition) is 0. The molecule has 0 aliphatic heterocycles. The lowest BCUT2D eigenvalue weighted by molar-refractivity contribution is -0.126. The zero-order valence-electron chi connectivity index (χ0n) is 8.93. The highest BCUT2D eigenvalue weighted by atomic mass is 16.5. The Balaban J connectivity index is 0.000000245. The maximum atomic E-state index is 8.95. The van der Waals surface area contributed by atoms with Crippen LogP contribution in [0, 0.1) is 0 Å². The Labute approximate surface area is 90.6 Å². The molecule has 0 bridgehead atoms. The van der Waals surface area contributed by atoms with Crippen LogP contribution in [0.2, 0.25) is 0 Å². The van der Waals surface area contributed by atoms with E-state index in [9.17, 15) is 0 Å². The highest BCUT2D eigenvalue weighted by molar-refractivity contribution is 5.36. The molecular formula is C13H16O2. The molecule has 1 unspecified atom stereocenters. The van der Waals surface area contributed by atoms with Gasteiger partial charge in [0.25, 0.3) is 6.47 Å². The second-order valence-electron chi connectivity index (χ2n) is 3.35. The summed E-state index contributed by atoms with van der Waals surface area (Å²) in [4.78, 5) is 8.95. The summed E-state index contributed by atoms with van der Waals surface area (Å²) in [7, 11) is 1.31. The van der Waals surface area contributed by atoms with Crippen molar-refractivity contribution in [3.63, 3.8) is 0 Å². The third-order valence-electron chi connectivity index (χ3n) is 2.34. The van der Waals surface area contributed by atoms with Gasteiger partial charge in [0.1, 0.15) is 0 Å². The second kappa shape index (κ2) is 6.82. The largest absolute Gasteiger partial charge is 0.471 e.